The summed E-state index contributed by atoms with van der Waals surface area (Å²) in [5.41, 5.74) is 2.37. The summed E-state index contributed by atoms with van der Waals surface area (Å²) in [5.74, 6) is -0.267. The predicted molar refractivity (Wildman–Crippen MR) is 143 cm³/mol. The number of amides is 2. The number of hydrogen-bond acceptors (Lipinski definition) is 3. The molecule has 1 N–H and O–H groups in total. The second-order valence-corrected chi connectivity index (χ2v) is 9.70. The van der Waals surface area contributed by atoms with Crippen molar-refractivity contribution in [2.45, 2.75) is 45.7 Å². The van der Waals surface area contributed by atoms with Gasteiger partial charge in [0.2, 0.25) is 5.91 Å². The molecule has 190 valence electrons. The zero-order valence-electron chi connectivity index (χ0n) is 20.8. The lowest BCUT2D eigenvalue weighted by Gasteiger charge is -2.31. The van der Waals surface area contributed by atoms with Crippen LogP contribution in [-0.4, -0.2) is 35.9 Å². The Morgan fingerprint density at radius 1 is 1.03 bits per heavy atom. The van der Waals surface area contributed by atoms with Gasteiger partial charge in [0.25, 0.3) is 5.91 Å². The van der Waals surface area contributed by atoms with E-state index in [-0.39, 0.29) is 19.1 Å². The molecule has 0 fully saturated rings. The number of ether oxygens (including phenoxy) is 1. The van der Waals surface area contributed by atoms with Gasteiger partial charge in [-0.25, -0.2) is 4.39 Å². The molecule has 0 aliphatic rings. The van der Waals surface area contributed by atoms with E-state index in [0.29, 0.717) is 30.2 Å². The number of likely N-dealkylation sites (N-methyl/N-ethyl adjacent to an activating group) is 1. The number of hydrogen-bond donors (Lipinski definition) is 1. The molecule has 3 aromatic carbocycles. The Labute approximate surface area is 220 Å². The third-order valence-corrected chi connectivity index (χ3v) is 6.51. The molecule has 0 saturated heterocycles. The van der Waals surface area contributed by atoms with E-state index in [0.717, 1.165) is 15.6 Å². The molecule has 0 aromatic heterocycles. The number of nitrogens with zero attached hydrogens (tertiary/aromatic N) is 1. The van der Waals surface area contributed by atoms with Gasteiger partial charge in [-0.3, -0.25) is 9.59 Å². The first-order chi connectivity index (χ1) is 17.3. The monoisotopic (exact) mass is 554 g/mol. The fourth-order valence-corrected chi connectivity index (χ4v) is 4.38. The van der Waals surface area contributed by atoms with Crippen molar-refractivity contribution in [3.05, 3.63) is 99.8 Å². The van der Waals surface area contributed by atoms with Crippen molar-refractivity contribution >= 4 is 27.7 Å². The maximum atomic E-state index is 14.6. The number of carbonyl (C=O) groups is 2. The Bertz CT molecular complexity index is 1170. The van der Waals surface area contributed by atoms with Crippen molar-refractivity contribution in [3.8, 4) is 5.75 Å². The Hall–Kier alpha value is -3.19. The molecule has 1 atom stereocenters. The highest BCUT2D eigenvalue weighted by Gasteiger charge is 2.31. The van der Waals surface area contributed by atoms with Gasteiger partial charge in [-0.05, 0) is 58.1 Å². The number of benzene rings is 3. The van der Waals surface area contributed by atoms with Crippen molar-refractivity contribution in [2.75, 3.05) is 13.2 Å². The molecule has 0 aliphatic heterocycles. The number of carbonyl (C=O) groups excluding carboxylic acids is 2. The fraction of sp³-hybridized carbons (Fsp3) is 0.310. The van der Waals surface area contributed by atoms with E-state index in [4.69, 9.17) is 4.74 Å². The van der Waals surface area contributed by atoms with Crippen LogP contribution in [-0.2, 0) is 22.6 Å². The van der Waals surface area contributed by atoms with Gasteiger partial charge in [-0.2, -0.15) is 0 Å². The number of nitrogens with one attached hydrogen (secondary N) is 1. The summed E-state index contributed by atoms with van der Waals surface area (Å²) in [5, 5.41) is 2.83. The van der Waals surface area contributed by atoms with Crippen LogP contribution in [0.5, 0.6) is 5.75 Å². The van der Waals surface area contributed by atoms with Gasteiger partial charge in [0.1, 0.15) is 17.6 Å². The van der Waals surface area contributed by atoms with Gasteiger partial charge in [0.15, 0.2) is 6.61 Å². The molecule has 2 amide bonds. The van der Waals surface area contributed by atoms with Crippen LogP contribution >= 0.6 is 15.9 Å². The summed E-state index contributed by atoms with van der Waals surface area (Å²) in [7, 11) is 0. The Balaban J connectivity index is 1.89. The summed E-state index contributed by atoms with van der Waals surface area (Å²) in [6.45, 7) is 6.08. The molecule has 0 radical (unpaired) electrons. The number of halogens is 2. The van der Waals surface area contributed by atoms with Gasteiger partial charge in [-0.1, -0.05) is 68.4 Å². The maximum absolute atomic E-state index is 14.6. The highest BCUT2D eigenvalue weighted by molar-refractivity contribution is 9.10. The van der Waals surface area contributed by atoms with Gasteiger partial charge in [-0.15, -0.1) is 0 Å². The quantitative estimate of drug-likeness (QED) is 0.322. The highest BCUT2D eigenvalue weighted by atomic mass is 79.9. The first-order valence-electron chi connectivity index (χ1n) is 12.1. The topological polar surface area (TPSA) is 58.6 Å². The molecule has 0 aliphatic carbocycles. The van der Waals surface area contributed by atoms with E-state index in [1.807, 2.05) is 55.5 Å². The molecule has 0 spiro atoms. The summed E-state index contributed by atoms with van der Waals surface area (Å²) in [6, 6.07) is 20.6. The molecular weight excluding hydrogens is 523 g/mol. The van der Waals surface area contributed by atoms with Crippen LogP contribution in [0.3, 0.4) is 0 Å². The molecule has 3 aromatic rings. The van der Waals surface area contributed by atoms with E-state index < -0.39 is 17.8 Å². The molecule has 0 bridgehead atoms. The molecule has 3 rings (SSSR count). The lowest BCUT2D eigenvalue weighted by Crippen LogP contribution is -2.51. The molecule has 7 heteroatoms. The minimum atomic E-state index is -0.838. The SMILES string of the molecule is CCNC(=O)[C@H](Cc1ccccc1)N(Cc1ccccc1F)C(=O)COc1ccc(C(C)C)cc1Br. The second-order valence-electron chi connectivity index (χ2n) is 8.85. The van der Waals surface area contributed by atoms with Crippen LogP contribution < -0.4 is 10.1 Å². The Kier molecular flexibility index (Phi) is 10.1. The molecule has 0 heterocycles. The lowest BCUT2D eigenvalue weighted by molar-refractivity contribution is -0.142. The third-order valence-electron chi connectivity index (χ3n) is 5.89. The minimum absolute atomic E-state index is 0.0586. The van der Waals surface area contributed by atoms with Crippen LogP contribution in [0.4, 0.5) is 4.39 Å². The van der Waals surface area contributed by atoms with Crippen molar-refractivity contribution in [3.63, 3.8) is 0 Å². The first kappa shape index (κ1) is 27.4. The first-order valence-corrected chi connectivity index (χ1v) is 12.9. The normalized spacial score (nSPS) is 11.7. The average molecular weight is 555 g/mol. The molecule has 0 unspecified atom stereocenters. The van der Waals surface area contributed by atoms with E-state index in [2.05, 4.69) is 35.1 Å². The van der Waals surface area contributed by atoms with Crippen molar-refractivity contribution in [1.82, 2.24) is 10.2 Å². The lowest BCUT2D eigenvalue weighted by atomic mass is 10.0. The highest BCUT2D eigenvalue weighted by Crippen LogP contribution is 2.29. The van der Waals surface area contributed by atoms with E-state index in [1.54, 1.807) is 18.2 Å². The zero-order valence-corrected chi connectivity index (χ0v) is 22.4. The summed E-state index contributed by atoms with van der Waals surface area (Å²) >= 11 is 3.52. The smallest absolute Gasteiger partial charge is 0.261 e. The van der Waals surface area contributed by atoms with Gasteiger partial charge in [0, 0.05) is 25.1 Å². The average Bonchev–Trinajstić information content (AvgIpc) is 2.87. The molecule has 36 heavy (non-hydrogen) atoms. The third kappa shape index (κ3) is 7.40. The molecule has 5 nitrogen and oxygen atoms in total. The zero-order chi connectivity index (χ0) is 26.1. The molecule has 0 saturated carbocycles. The Morgan fingerprint density at radius 2 is 1.72 bits per heavy atom. The maximum Gasteiger partial charge on any atom is 0.261 e. The van der Waals surface area contributed by atoms with Crippen molar-refractivity contribution in [1.29, 1.82) is 0 Å². The second kappa shape index (κ2) is 13.2. The van der Waals surface area contributed by atoms with Crippen LogP contribution in [0, 0.1) is 5.82 Å². The van der Waals surface area contributed by atoms with Crippen LogP contribution in [0.2, 0.25) is 0 Å². The van der Waals surface area contributed by atoms with Crippen LogP contribution in [0.15, 0.2) is 77.3 Å². The van der Waals surface area contributed by atoms with Gasteiger partial charge >= 0.3 is 0 Å². The van der Waals surface area contributed by atoms with Gasteiger partial charge < -0.3 is 15.0 Å². The number of rotatable bonds is 11. The minimum Gasteiger partial charge on any atom is -0.483 e. The molecular formula is C29H32BrFN2O3. The van der Waals surface area contributed by atoms with Crippen molar-refractivity contribution in [2.24, 2.45) is 0 Å². The standard InChI is InChI=1S/C29H32BrFN2O3/c1-4-32-29(35)26(16-21-10-6-5-7-11-21)33(18-23-12-8-9-13-25(23)31)28(34)19-36-27-15-14-22(20(2)3)17-24(27)30/h5-15,17,20,26H,4,16,18-19H2,1-3H3,(H,32,35)/t26-/m0/s1. The van der Waals surface area contributed by atoms with E-state index in [1.165, 1.54) is 11.0 Å². The van der Waals surface area contributed by atoms with Gasteiger partial charge in [0.05, 0.1) is 4.47 Å². The Morgan fingerprint density at radius 3 is 2.36 bits per heavy atom. The fourth-order valence-electron chi connectivity index (χ4n) is 3.87. The summed E-state index contributed by atoms with van der Waals surface area (Å²) in [6.07, 6.45) is 0.291. The summed E-state index contributed by atoms with van der Waals surface area (Å²) < 4.78 is 21.2. The predicted octanol–water partition coefficient (Wildman–Crippen LogP) is 5.87. The van der Waals surface area contributed by atoms with E-state index >= 15 is 0 Å². The van der Waals surface area contributed by atoms with Crippen LogP contribution in [0.1, 0.15) is 43.4 Å². The van der Waals surface area contributed by atoms with E-state index in [9.17, 15) is 14.0 Å². The van der Waals surface area contributed by atoms with Crippen molar-refractivity contribution < 1.29 is 18.7 Å². The summed E-state index contributed by atoms with van der Waals surface area (Å²) in [4.78, 5) is 28.1. The van der Waals surface area contributed by atoms with Crippen LogP contribution in [0.25, 0.3) is 0 Å². The largest absolute Gasteiger partial charge is 0.483 e.